The van der Waals surface area contributed by atoms with Crippen LogP contribution in [-0.2, 0) is 32.3 Å². The average molecular weight is 578 g/mol. The number of nitrogens with zero attached hydrogens (tertiary/aromatic N) is 2. The van der Waals surface area contributed by atoms with Crippen LogP contribution in [0, 0.1) is 5.82 Å². The molecule has 7 nitrogen and oxygen atoms in total. The number of carbonyl (C=O) groups excluding carboxylic acids is 2. The zero-order valence-corrected chi connectivity index (χ0v) is 22.3. The van der Waals surface area contributed by atoms with E-state index in [1.54, 1.807) is 0 Å². The van der Waals surface area contributed by atoms with Crippen molar-refractivity contribution in [2.24, 2.45) is 0 Å². The minimum Gasteiger partial charge on any atom is -0.352 e. The highest BCUT2D eigenvalue weighted by atomic mass is 35.5. The molecule has 0 radical (unpaired) electrons. The molecule has 0 unspecified atom stereocenters. The fraction of sp³-hybridized carbons (Fsp3) is 0.440. The van der Waals surface area contributed by atoms with Crippen molar-refractivity contribution in [3.05, 3.63) is 64.4 Å². The number of sulfonamides is 1. The summed E-state index contributed by atoms with van der Waals surface area (Å²) in [5.41, 5.74) is -1.21. The van der Waals surface area contributed by atoms with E-state index in [4.69, 9.17) is 11.6 Å². The largest absolute Gasteiger partial charge is 0.416 e. The second-order valence-corrected chi connectivity index (χ2v) is 11.6. The number of alkyl halides is 3. The third kappa shape index (κ3) is 7.59. The number of anilines is 1. The quantitative estimate of drug-likeness (QED) is 0.436. The van der Waals surface area contributed by atoms with Gasteiger partial charge < -0.3 is 10.2 Å². The highest BCUT2D eigenvalue weighted by Crippen LogP contribution is 2.36. The van der Waals surface area contributed by atoms with Crippen LogP contribution in [0.4, 0.5) is 23.2 Å². The van der Waals surface area contributed by atoms with E-state index >= 15 is 0 Å². The number of nitrogens with one attached hydrogen (secondary N) is 1. The molecule has 0 spiro atoms. The molecule has 1 fully saturated rings. The van der Waals surface area contributed by atoms with E-state index in [-0.39, 0.29) is 17.6 Å². The molecule has 3 rings (SSSR count). The molecule has 208 valence electrons. The third-order valence-electron chi connectivity index (χ3n) is 6.36. The molecule has 0 heterocycles. The number of rotatable bonds is 9. The van der Waals surface area contributed by atoms with Gasteiger partial charge >= 0.3 is 6.18 Å². The molecule has 0 saturated heterocycles. The van der Waals surface area contributed by atoms with Gasteiger partial charge in [-0.3, -0.25) is 13.9 Å². The van der Waals surface area contributed by atoms with Crippen molar-refractivity contribution in [1.82, 2.24) is 10.2 Å². The van der Waals surface area contributed by atoms with Crippen LogP contribution in [0.2, 0.25) is 5.02 Å². The van der Waals surface area contributed by atoms with Crippen LogP contribution in [0.1, 0.15) is 43.7 Å². The molecule has 1 aliphatic rings. The number of benzene rings is 2. The molecule has 2 amide bonds. The Balaban J connectivity index is 1.95. The van der Waals surface area contributed by atoms with Crippen molar-refractivity contribution in [1.29, 1.82) is 0 Å². The molecular weight excluding hydrogens is 550 g/mol. The summed E-state index contributed by atoms with van der Waals surface area (Å²) in [6.45, 7) is 0.377. The maximum Gasteiger partial charge on any atom is 0.416 e. The SMILES string of the molecule is C[C@H](C(=O)NC1CCCC1)N(Cc1ccc(F)cc1)C(=O)CN(c1cc(C(F)(F)F)ccc1Cl)S(C)(=O)=O. The maximum atomic E-state index is 13.5. The van der Waals surface area contributed by atoms with Gasteiger partial charge in [-0.25, -0.2) is 12.8 Å². The van der Waals surface area contributed by atoms with Crippen LogP contribution in [-0.4, -0.2) is 50.0 Å². The van der Waals surface area contributed by atoms with Gasteiger partial charge in [0.25, 0.3) is 0 Å². The van der Waals surface area contributed by atoms with Gasteiger partial charge in [-0.2, -0.15) is 13.2 Å². The fourth-order valence-electron chi connectivity index (χ4n) is 4.24. The normalized spacial score (nSPS) is 15.2. The van der Waals surface area contributed by atoms with Crippen LogP contribution >= 0.6 is 11.6 Å². The second kappa shape index (κ2) is 11.9. The topological polar surface area (TPSA) is 86.8 Å². The molecule has 0 aromatic heterocycles. The monoisotopic (exact) mass is 577 g/mol. The minimum absolute atomic E-state index is 0.0517. The zero-order valence-electron chi connectivity index (χ0n) is 20.8. The van der Waals surface area contributed by atoms with E-state index in [0.717, 1.165) is 42.9 Å². The van der Waals surface area contributed by atoms with Crippen molar-refractivity contribution >= 4 is 39.1 Å². The van der Waals surface area contributed by atoms with E-state index in [2.05, 4.69) is 5.32 Å². The molecule has 0 aliphatic heterocycles. The Morgan fingerprint density at radius 2 is 1.71 bits per heavy atom. The summed E-state index contributed by atoms with van der Waals surface area (Å²) in [5.74, 6) is -1.83. The number of hydrogen-bond acceptors (Lipinski definition) is 4. The summed E-state index contributed by atoms with van der Waals surface area (Å²) in [6, 6.07) is 6.21. The second-order valence-electron chi connectivity index (χ2n) is 9.25. The Morgan fingerprint density at radius 1 is 1.11 bits per heavy atom. The summed E-state index contributed by atoms with van der Waals surface area (Å²) >= 11 is 6.06. The first-order valence-electron chi connectivity index (χ1n) is 11.9. The minimum atomic E-state index is -4.78. The predicted molar refractivity (Wildman–Crippen MR) is 135 cm³/mol. The number of halogens is 5. The molecule has 0 bridgehead atoms. The summed E-state index contributed by atoms with van der Waals surface area (Å²) in [6.07, 6.45) is -0.552. The van der Waals surface area contributed by atoms with Gasteiger partial charge in [0.1, 0.15) is 18.4 Å². The van der Waals surface area contributed by atoms with E-state index in [9.17, 15) is 35.6 Å². The molecule has 1 saturated carbocycles. The molecule has 2 aromatic rings. The molecule has 38 heavy (non-hydrogen) atoms. The third-order valence-corrected chi connectivity index (χ3v) is 7.80. The van der Waals surface area contributed by atoms with Gasteiger partial charge in [0.05, 0.1) is 22.5 Å². The number of carbonyl (C=O) groups is 2. The van der Waals surface area contributed by atoms with Crippen molar-refractivity contribution in [2.75, 3.05) is 17.1 Å². The van der Waals surface area contributed by atoms with Crippen LogP contribution in [0.25, 0.3) is 0 Å². The van der Waals surface area contributed by atoms with Crippen LogP contribution in [0.5, 0.6) is 0 Å². The van der Waals surface area contributed by atoms with Gasteiger partial charge in [0, 0.05) is 12.6 Å². The first-order valence-corrected chi connectivity index (χ1v) is 14.1. The highest BCUT2D eigenvalue weighted by molar-refractivity contribution is 7.92. The van der Waals surface area contributed by atoms with Gasteiger partial charge in [0.15, 0.2) is 0 Å². The number of amides is 2. The van der Waals surface area contributed by atoms with Crippen molar-refractivity contribution in [3.8, 4) is 0 Å². The average Bonchev–Trinajstić information content (AvgIpc) is 3.33. The summed E-state index contributed by atoms with van der Waals surface area (Å²) in [7, 11) is -4.29. The first kappa shape index (κ1) is 29.7. The van der Waals surface area contributed by atoms with Gasteiger partial charge in [-0.05, 0) is 55.7 Å². The van der Waals surface area contributed by atoms with E-state index in [1.807, 2.05) is 0 Å². The highest BCUT2D eigenvalue weighted by Gasteiger charge is 2.35. The molecule has 13 heteroatoms. The molecule has 1 atom stereocenters. The van der Waals surface area contributed by atoms with E-state index < -0.39 is 57.7 Å². The Kier molecular flexibility index (Phi) is 9.30. The Morgan fingerprint density at radius 3 is 2.26 bits per heavy atom. The zero-order chi connectivity index (χ0) is 28.3. The van der Waals surface area contributed by atoms with E-state index in [1.165, 1.54) is 31.2 Å². The van der Waals surface area contributed by atoms with Gasteiger partial charge in [-0.1, -0.05) is 36.6 Å². The van der Waals surface area contributed by atoms with E-state index in [0.29, 0.717) is 22.0 Å². The Hall–Kier alpha value is -2.86. The molecule has 1 aliphatic carbocycles. The lowest BCUT2D eigenvalue weighted by Gasteiger charge is -2.32. The van der Waals surface area contributed by atoms with Crippen LogP contribution in [0.3, 0.4) is 0 Å². The lowest BCUT2D eigenvalue weighted by atomic mass is 10.1. The Labute approximate surface area is 223 Å². The lowest BCUT2D eigenvalue weighted by molar-refractivity contribution is -0.139. The molecular formula is C25H28ClF4N3O4S. The maximum absolute atomic E-state index is 13.5. The van der Waals surface area contributed by atoms with Gasteiger partial charge in [-0.15, -0.1) is 0 Å². The number of hydrogen-bond donors (Lipinski definition) is 1. The lowest BCUT2D eigenvalue weighted by Crippen LogP contribution is -2.52. The summed E-state index contributed by atoms with van der Waals surface area (Å²) in [4.78, 5) is 27.6. The first-order chi connectivity index (χ1) is 17.7. The predicted octanol–water partition coefficient (Wildman–Crippen LogP) is 4.74. The fourth-order valence-corrected chi connectivity index (χ4v) is 5.36. The van der Waals surface area contributed by atoms with Crippen LogP contribution < -0.4 is 9.62 Å². The summed E-state index contributed by atoms with van der Waals surface area (Å²) in [5, 5.41) is 2.57. The van der Waals surface area contributed by atoms with Crippen LogP contribution in [0.15, 0.2) is 42.5 Å². The Bertz CT molecular complexity index is 1270. The molecule has 1 N–H and O–H groups in total. The standard InChI is InChI=1S/C25H28ClF4N3O4S/c1-16(24(35)31-20-5-3-4-6-20)32(14-17-7-10-19(27)11-8-17)23(34)15-33(38(2,36)37)22-13-18(25(28,29)30)9-12-21(22)26/h7-13,16,20H,3-6,14-15H2,1-2H3,(H,31,35)/t16-/m1/s1. The smallest absolute Gasteiger partial charge is 0.352 e. The summed E-state index contributed by atoms with van der Waals surface area (Å²) < 4.78 is 79.1. The van der Waals surface area contributed by atoms with Crippen molar-refractivity contribution < 1.29 is 35.6 Å². The van der Waals surface area contributed by atoms with Gasteiger partial charge in [0.2, 0.25) is 21.8 Å². The van der Waals surface area contributed by atoms with Crippen molar-refractivity contribution in [2.45, 2.75) is 57.4 Å². The molecule has 2 aromatic carbocycles. The van der Waals surface area contributed by atoms with Crippen molar-refractivity contribution in [3.63, 3.8) is 0 Å².